The number of carbonyl (C=O) groups excluding carboxylic acids is 1. The van der Waals surface area contributed by atoms with Crippen molar-refractivity contribution in [3.05, 3.63) is 58.9 Å². The van der Waals surface area contributed by atoms with E-state index in [1.165, 1.54) is 5.56 Å². The highest BCUT2D eigenvalue weighted by atomic mass is 19.1. The average Bonchev–Trinajstić information content (AvgIpc) is 2.64. The zero-order valence-corrected chi connectivity index (χ0v) is 15.4. The number of hydrogen-bond acceptors (Lipinski definition) is 3. The van der Waals surface area contributed by atoms with Crippen molar-refractivity contribution in [3.63, 3.8) is 0 Å². The van der Waals surface area contributed by atoms with E-state index in [2.05, 4.69) is 19.1 Å². The fraction of sp³-hybridized carbons (Fsp3) is 0.409. The molecule has 1 aliphatic rings. The summed E-state index contributed by atoms with van der Waals surface area (Å²) in [6.45, 7) is 4.38. The highest BCUT2D eigenvalue weighted by Crippen LogP contribution is 2.33. The smallest absolute Gasteiger partial charge is 0.314 e. The number of halogens is 1. The third kappa shape index (κ3) is 4.24. The fourth-order valence-corrected chi connectivity index (χ4v) is 3.28. The van der Waals surface area contributed by atoms with E-state index in [9.17, 15) is 9.18 Å². The largest absolute Gasteiger partial charge is 0.494 e. The van der Waals surface area contributed by atoms with E-state index < -0.39 is 5.82 Å². The van der Waals surface area contributed by atoms with Gasteiger partial charge in [-0.3, -0.25) is 4.79 Å². The number of carbonyl (C=O) groups is 1. The monoisotopic (exact) mass is 356 g/mol. The number of fused-ring (bicyclic) bond motifs is 1. The zero-order valence-electron chi connectivity index (χ0n) is 15.4. The van der Waals surface area contributed by atoms with Crippen LogP contribution in [0.3, 0.4) is 0 Å². The summed E-state index contributed by atoms with van der Waals surface area (Å²) in [5.74, 6) is -0.0520. The van der Waals surface area contributed by atoms with E-state index >= 15 is 0 Å². The molecule has 0 N–H and O–H groups in total. The van der Waals surface area contributed by atoms with Crippen molar-refractivity contribution in [2.24, 2.45) is 5.92 Å². The van der Waals surface area contributed by atoms with Gasteiger partial charge in [-0.2, -0.15) is 0 Å². The van der Waals surface area contributed by atoms with E-state index in [0.29, 0.717) is 25.0 Å². The van der Waals surface area contributed by atoms with E-state index in [4.69, 9.17) is 9.47 Å². The zero-order chi connectivity index (χ0) is 18.5. The van der Waals surface area contributed by atoms with Crippen molar-refractivity contribution in [2.75, 3.05) is 6.61 Å². The van der Waals surface area contributed by atoms with Crippen LogP contribution in [0.4, 0.5) is 4.39 Å². The second kappa shape index (κ2) is 8.35. The fourth-order valence-electron chi connectivity index (χ4n) is 3.28. The minimum Gasteiger partial charge on any atom is -0.494 e. The van der Waals surface area contributed by atoms with Crippen LogP contribution >= 0.6 is 0 Å². The highest BCUT2D eigenvalue weighted by Gasteiger charge is 2.30. The lowest BCUT2D eigenvalue weighted by Gasteiger charge is -2.24. The van der Waals surface area contributed by atoms with Gasteiger partial charge in [0.05, 0.1) is 12.5 Å². The summed E-state index contributed by atoms with van der Waals surface area (Å²) in [4.78, 5) is 12.2. The molecule has 138 valence electrons. The van der Waals surface area contributed by atoms with Crippen molar-refractivity contribution in [2.45, 2.75) is 46.0 Å². The minimum atomic E-state index is -0.427. The number of esters is 1. The maximum atomic E-state index is 14.1. The summed E-state index contributed by atoms with van der Waals surface area (Å²) in [5.41, 5.74) is 2.57. The molecule has 1 unspecified atom stereocenters. The SMILES string of the molecule is CCCc1ccc(OCCCC2Cc3ccc(C)c(F)c3OC2=O)cc1. The Morgan fingerprint density at radius 1 is 1.19 bits per heavy atom. The molecule has 0 bridgehead atoms. The molecule has 0 aromatic heterocycles. The second-order valence-corrected chi connectivity index (χ2v) is 6.89. The van der Waals surface area contributed by atoms with Crippen molar-refractivity contribution in [3.8, 4) is 11.5 Å². The molecule has 0 saturated carbocycles. The molecule has 0 aliphatic carbocycles. The van der Waals surface area contributed by atoms with Crippen molar-refractivity contribution in [1.82, 2.24) is 0 Å². The Labute approximate surface area is 154 Å². The molecule has 2 aromatic carbocycles. The number of ether oxygens (including phenoxy) is 2. The average molecular weight is 356 g/mol. The van der Waals surface area contributed by atoms with Crippen LogP contribution in [-0.2, 0) is 17.6 Å². The lowest BCUT2D eigenvalue weighted by atomic mass is 9.91. The quantitative estimate of drug-likeness (QED) is 0.397. The van der Waals surface area contributed by atoms with Crippen LogP contribution in [0.15, 0.2) is 36.4 Å². The highest BCUT2D eigenvalue weighted by molar-refractivity contribution is 5.78. The maximum Gasteiger partial charge on any atom is 0.314 e. The Hall–Kier alpha value is -2.36. The normalized spacial score (nSPS) is 16.1. The summed E-state index contributed by atoms with van der Waals surface area (Å²) < 4.78 is 25.1. The van der Waals surface area contributed by atoms with E-state index in [1.807, 2.05) is 18.2 Å². The predicted octanol–water partition coefficient (Wildman–Crippen LogP) is 5.02. The van der Waals surface area contributed by atoms with Gasteiger partial charge in [0.2, 0.25) is 0 Å². The molecule has 0 radical (unpaired) electrons. The molecular formula is C22H25FO3. The third-order valence-electron chi connectivity index (χ3n) is 4.80. The summed E-state index contributed by atoms with van der Waals surface area (Å²) in [5, 5.41) is 0. The molecule has 0 amide bonds. The van der Waals surface area contributed by atoms with Crippen molar-refractivity contribution >= 4 is 5.97 Å². The van der Waals surface area contributed by atoms with Gasteiger partial charge in [-0.1, -0.05) is 37.6 Å². The molecular weight excluding hydrogens is 331 g/mol. The van der Waals surface area contributed by atoms with E-state index in [1.54, 1.807) is 13.0 Å². The number of aryl methyl sites for hydroxylation is 2. The van der Waals surface area contributed by atoms with Crippen LogP contribution in [0, 0.1) is 18.7 Å². The first-order valence-electron chi connectivity index (χ1n) is 9.30. The van der Waals surface area contributed by atoms with E-state index in [0.717, 1.165) is 30.6 Å². The standard InChI is InChI=1S/C22H25FO3/c1-3-5-16-8-11-19(12-9-16)25-13-4-6-18-14-17-10-7-15(2)20(23)21(17)26-22(18)24/h7-12,18H,3-6,13-14H2,1-2H3. The molecule has 3 nitrogen and oxygen atoms in total. The molecule has 3 rings (SSSR count). The number of hydrogen-bond donors (Lipinski definition) is 0. The van der Waals surface area contributed by atoms with Gasteiger partial charge in [0.1, 0.15) is 5.75 Å². The molecule has 0 saturated heterocycles. The first-order valence-corrected chi connectivity index (χ1v) is 9.30. The van der Waals surface area contributed by atoms with Crippen molar-refractivity contribution < 1.29 is 18.7 Å². The van der Waals surface area contributed by atoms with Gasteiger partial charge in [0.15, 0.2) is 11.6 Å². The molecule has 26 heavy (non-hydrogen) atoms. The predicted molar refractivity (Wildman–Crippen MR) is 99.1 cm³/mol. The van der Waals surface area contributed by atoms with Crippen LogP contribution in [0.2, 0.25) is 0 Å². The van der Waals surface area contributed by atoms with Gasteiger partial charge in [0.25, 0.3) is 0 Å². The van der Waals surface area contributed by atoms with Crippen LogP contribution in [-0.4, -0.2) is 12.6 Å². The minimum absolute atomic E-state index is 0.106. The molecule has 2 aromatic rings. The number of rotatable bonds is 7. The first-order chi connectivity index (χ1) is 12.6. The van der Waals surface area contributed by atoms with Crippen LogP contribution in [0.5, 0.6) is 11.5 Å². The Morgan fingerprint density at radius 2 is 1.96 bits per heavy atom. The van der Waals surface area contributed by atoms with Crippen molar-refractivity contribution in [1.29, 1.82) is 0 Å². The Morgan fingerprint density at radius 3 is 2.69 bits per heavy atom. The first kappa shape index (κ1) is 18.4. The van der Waals surface area contributed by atoms with Crippen LogP contribution in [0.1, 0.15) is 42.9 Å². The molecule has 1 heterocycles. The van der Waals surface area contributed by atoms with Gasteiger partial charge in [-0.15, -0.1) is 0 Å². The maximum absolute atomic E-state index is 14.1. The van der Waals surface area contributed by atoms with Gasteiger partial charge >= 0.3 is 5.97 Å². The molecule has 4 heteroatoms. The molecule has 0 spiro atoms. The molecule has 1 atom stereocenters. The molecule has 0 fully saturated rings. The van der Waals surface area contributed by atoms with Gasteiger partial charge in [-0.25, -0.2) is 4.39 Å². The Balaban J connectivity index is 1.49. The lowest BCUT2D eigenvalue weighted by Crippen LogP contribution is -2.28. The van der Waals surface area contributed by atoms with Gasteiger partial charge in [-0.05, 0) is 61.4 Å². The summed E-state index contributed by atoms with van der Waals surface area (Å²) >= 11 is 0. The Bertz CT molecular complexity index is 768. The number of benzene rings is 2. The molecule has 1 aliphatic heterocycles. The van der Waals surface area contributed by atoms with Crippen LogP contribution < -0.4 is 9.47 Å². The van der Waals surface area contributed by atoms with E-state index in [-0.39, 0.29) is 17.6 Å². The summed E-state index contributed by atoms with van der Waals surface area (Å²) in [7, 11) is 0. The van der Waals surface area contributed by atoms with Crippen LogP contribution in [0.25, 0.3) is 0 Å². The third-order valence-corrected chi connectivity index (χ3v) is 4.80. The van der Waals surface area contributed by atoms with Gasteiger partial charge < -0.3 is 9.47 Å². The second-order valence-electron chi connectivity index (χ2n) is 6.89. The topological polar surface area (TPSA) is 35.5 Å². The lowest BCUT2D eigenvalue weighted by molar-refractivity contribution is -0.140. The Kier molecular flexibility index (Phi) is 5.92. The summed E-state index contributed by atoms with van der Waals surface area (Å²) in [6, 6.07) is 11.7. The summed E-state index contributed by atoms with van der Waals surface area (Å²) in [6.07, 6.45) is 4.15. The van der Waals surface area contributed by atoms with Gasteiger partial charge in [0, 0.05) is 0 Å².